The van der Waals surface area contributed by atoms with Crippen molar-refractivity contribution in [3.8, 4) is 0 Å². The maximum atomic E-state index is 6.16. The second-order valence-corrected chi connectivity index (χ2v) is 4.18. The highest BCUT2D eigenvalue weighted by Crippen LogP contribution is 2.18. The Kier molecular flexibility index (Phi) is 4.11. The summed E-state index contributed by atoms with van der Waals surface area (Å²) in [4.78, 5) is 2.17. The zero-order chi connectivity index (χ0) is 10.6. The molecule has 2 N–H and O–H groups in total. The van der Waals surface area contributed by atoms with Gasteiger partial charge in [-0.25, -0.2) is 0 Å². The summed E-state index contributed by atoms with van der Waals surface area (Å²) < 4.78 is 0. The van der Waals surface area contributed by atoms with Crippen LogP contribution in [0, 0.1) is 5.92 Å². The quantitative estimate of drug-likeness (QED) is 0.789. The van der Waals surface area contributed by atoms with Crippen LogP contribution in [0.5, 0.6) is 0 Å². The van der Waals surface area contributed by atoms with Crippen LogP contribution in [0.3, 0.4) is 0 Å². The van der Waals surface area contributed by atoms with Crippen molar-refractivity contribution in [1.29, 1.82) is 0 Å². The molecule has 0 amide bonds. The van der Waals surface area contributed by atoms with Crippen LogP contribution in [-0.4, -0.2) is 25.5 Å². The third kappa shape index (κ3) is 3.13. The Bertz CT molecular complexity index is 256. The lowest BCUT2D eigenvalue weighted by molar-refractivity contribution is 0.308. The van der Waals surface area contributed by atoms with E-state index in [1.54, 1.807) is 0 Å². The minimum absolute atomic E-state index is 0.138. The number of nitrogens with two attached hydrogens (primary N) is 1. The topological polar surface area (TPSA) is 29.3 Å². The molecule has 2 atom stereocenters. The van der Waals surface area contributed by atoms with E-state index in [1.807, 2.05) is 18.2 Å². The predicted molar refractivity (Wildman–Crippen MR) is 61.1 cm³/mol. The van der Waals surface area contributed by atoms with Gasteiger partial charge in [0.25, 0.3) is 0 Å². The van der Waals surface area contributed by atoms with Crippen LogP contribution in [0.4, 0.5) is 0 Å². The van der Waals surface area contributed by atoms with Crippen LogP contribution in [0.1, 0.15) is 18.5 Å². The lowest BCUT2D eigenvalue weighted by atomic mass is 9.95. The van der Waals surface area contributed by atoms with Crippen molar-refractivity contribution in [3.05, 3.63) is 35.9 Å². The molecule has 1 aromatic carbocycles. The van der Waals surface area contributed by atoms with Gasteiger partial charge in [0.05, 0.1) is 0 Å². The van der Waals surface area contributed by atoms with Gasteiger partial charge in [-0.2, -0.15) is 0 Å². The highest BCUT2D eigenvalue weighted by molar-refractivity contribution is 5.19. The third-order valence-electron chi connectivity index (χ3n) is 2.45. The number of benzene rings is 1. The predicted octanol–water partition coefficient (Wildman–Crippen LogP) is 1.88. The van der Waals surface area contributed by atoms with E-state index in [0.29, 0.717) is 5.92 Å². The zero-order valence-electron chi connectivity index (χ0n) is 9.27. The molecule has 1 rings (SSSR count). The Morgan fingerprint density at radius 3 is 2.29 bits per heavy atom. The van der Waals surface area contributed by atoms with Crippen molar-refractivity contribution >= 4 is 0 Å². The Hall–Kier alpha value is -0.860. The van der Waals surface area contributed by atoms with E-state index in [2.05, 4.69) is 38.1 Å². The smallest absolute Gasteiger partial charge is 0.0333 e. The van der Waals surface area contributed by atoms with Gasteiger partial charge in [-0.05, 0) is 25.6 Å². The molecule has 0 radical (unpaired) electrons. The fraction of sp³-hybridized carbons (Fsp3) is 0.500. The summed E-state index contributed by atoms with van der Waals surface area (Å²) in [6.45, 7) is 3.22. The lowest BCUT2D eigenvalue weighted by Crippen LogP contribution is -2.28. The minimum Gasteiger partial charge on any atom is -0.324 e. The average Bonchev–Trinajstić information content (AvgIpc) is 2.17. The minimum atomic E-state index is 0.138. The molecule has 0 heterocycles. The van der Waals surface area contributed by atoms with Crippen LogP contribution >= 0.6 is 0 Å². The van der Waals surface area contributed by atoms with Crippen LogP contribution in [0.25, 0.3) is 0 Å². The van der Waals surface area contributed by atoms with Crippen LogP contribution in [0.2, 0.25) is 0 Å². The second kappa shape index (κ2) is 5.13. The Labute approximate surface area is 86.7 Å². The molecule has 0 aromatic heterocycles. The molecule has 0 saturated heterocycles. The normalized spacial score (nSPS) is 15.5. The monoisotopic (exact) mass is 192 g/mol. The third-order valence-corrected chi connectivity index (χ3v) is 2.45. The van der Waals surface area contributed by atoms with Crippen molar-refractivity contribution in [2.45, 2.75) is 13.0 Å². The molecule has 78 valence electrons. The first-order valence-corrected chi connectivity index (χ1v) is 5.06. The van der Waals surface area contributed by atoms with E-state index in [4.69, 9.17) is 5.73 Å². The van der Waals surface area contributed by atoms with E-state index < -0.39 is 0 Å². The fourth-order valence-corrected chi connectivity index (χ4v) is 1.69. The molecular formula is C12H20N2. The van der Waals surface area contributed by atoms with Crippen LogP contribution in [0.15, 0.2) is 30.3 Å². The molecule has 1 aromatic rings. The molecule has 0 aliphatic carbocycles. The molecule has 0 fully saturated rings. The van der Waals surface area contributed by atoms with Gasteiger partial charge in [-0.1, -0.05) is 37.3 Å². The van der Waals surface area contributed by atoms with E-state index >= 15 is 0 Å². The molecular weight excluding hydrogens is 172 g/mol. The molecule has 0 aliphatic heterocycles. The first kappa shape index (κ1) is 11.2. The van der Waals surface area contributed by atoms with Gasteiger partial charge in [0.2, 0.25) is 0 Å². The summed E-state index contributed by atoms with van der Waals surface area (Å²) in [5, 5.41) is 0. The van der Waals surface area contributed by atoms with Gasteiger partial charge >= 0.3 is 0 Å². The summed E-state index contributed by atoms with van der Waals surface area (Å²) >= 11 is 0. The van der Waals surface area contributed by atoms with Crippen molar-refractivity contribution in [3.63, 3.8) is 0 Å². The standard InChI is InChI=1S/C12H20N2/c1-10(9-14(2)3)12(13)11-7-5-4-6-8-11/h4-8,10,12H,9,13H2,1-3H3. The summed E-state index contributed by atoms with van der Waals surface area (Å²) in [6.07, 6.45) is 0. The number of nitrogens with zero attached hydrogens (tertiary/aromatic N) is 1. The second-order valence-electron chi connectivity index (χ2n) is 4.18. The van der Waals surface area contributed by atoms with Crippen molar-refractivity contribution in [1.82, 2.24) is 4.90 Å². The van der Waals surface area contributed by atoms with Gasteiger partial charge in [0.1, 0.15) is 0 Å². The zero-order valence-corrected chi connectivity index (χ0v) is 9.27. The largest absolute Gasteiger partial charge is 0.324 e. The van der Waals surface area contributed by atoms with Crippen molar-refractivity contribution in [2.24, 2.45) is 11.7 Å². The maximum absolute atomic E-state index is 6.16. The van der Waals surface area contributed by atoms with E-state index in [-0.39, 0.29) is 6.04 Å². The Balaban J connectivity index is 2.61. The summed E-state index contributed by atoms with van der Waals surface area (Å²) in [5.74, 6) is 0.479. The highest BCUT2D eigenvalue weighted by Gasteiger charge is 2.14. The van der Waals surface area contributed by atoms with Gasteiger partial charge < -0.3 is 10.6 Å². The first-order valence-electron chi connectivity index (χ1n) is 5.06. The SMILES string of the molecule is CC(CN(C)C)C(N)c1ccccc1. The highest BCUT2D eigenvalue weighted by atomic mass is 15.1. The number of rotatable bonds is 4. The van der Waals surface area contributed by atoms with Gasteiger partial charge in [0.15, 0.2) is 0 Å². The summed E-state index contributed by atoms with van der Waals surface area (Å²) in [6, 6.07) is 10.4. The lowest BCUT2D eigenvalue weighted by Gasteiger charge is -2.23. The summed E-state index contributed by atoms with van der Waals surface area (Å²) in [5.41, 5.74) is 7.38. The van der Waals surface area contributed by atoms with Gasteiger partial charge in [0, 0.05) is 12.6 Å². The molecule has 0 aliphatic rings. The van der Waals surface area contributed by atoms with Gasteiger partial charge in [-0.3, -0.25) is 0 Å². The molecule has 14 heavy (non-hydrogen) atoms. The first-order chi connectivity index (χ1) is 6.61. The number of hydrogen-bond acceptors (Lipinski definition) is 2. The molecule has 2 unspecified atom stereocenters. The van der Waals surface area contributed by atoms with Crippen LogP contribution in [-0.2, 0) is 0 Å². The van der Waals surface area contributed by atoms with E-state index in [9.17, 15) is 0 Å². The summed E-state index contributed by atoms with van der Waals surface area (Å²) in [7, 11) is 4.16. The number of hydrogen-bond donors (Lipinski definition) is 1. The maximum Gasteiger partial charge on any atom is 0.0333 e. The average molecular weight is 192 g/mol. The Morgan fingerprint density at radius 2 is 1.79 bits per heavy atom. The molecule has 0 spiro atoms. The van der Waals surface area contributed by atoms with Crippen molar-refractivity contribution in [2.75, 3.05) is 20.6 Å². The molecule has 0 saturated carbocycles. The van der Waals surface area contributed by atoms with Crippen LogP contribution < -0.4 is 5.73 Å². The molecule has 2 heteroatoms. The van der Waals surface area contributed by atoms with Crippen molar-refractivity contribution < 1.29 is 0 Å². The van der Waals surface area contributed by atoms with Gasteiger partial charge in [-0.15, -0.1) is 0 Å². The Morgan fingerprint density at radius 1 is 1.21 bits per heavy atom. The van der Waals surface area contributed by atoms with E-state index in [0.717, 1.165) is 6.54 Å². The molecule has 0 bridgehead atoms. The van der Waals surface area contributed by atoms with E-state index in [1.165, 1.54) is 5.56 Å². The fourth-order valence-electron chi connectivity index (χ4n) is 1.69. The molecule has 2 nitrogen and oxygen atoms in total.